The van der Waals surface area contributed by atoms with Crippen molar-refractivity contribution in [3.63, 3.8) is 0 Å². The van der Waals surface area contributed by atoms with Gasteiger partial charge in [-0.2, -0.15) is 0 Å². The SMILES string of the molecule is COc1cc(CNC(=O)[C@@H](C)Oc2ccc(C)cc2)cc(OC)c1OC. The van der Waals surface area contributed by atoms with E-state index in [0.717, 1.165) is 11.1 Å². The van der Waals surface area contributed by atoms with Crippen LogP contribution in [0.4, 0.5) is 0 Å². The third-order valence-corrected chi connectivity index (χ3v) is 3.89. The van der Waals surface area contributed by atoms with Crippen LogP contribution in [0.1, 0.15) is 18.1 Å². The first kappa shape index (κ1) is 19.4. The van der Waals surface area contributed by atoms with E-state index in [0.29, 0.717) is 29.5 Å². The zero-order valence-electron chi connectivity index (χ0n) is 15.8. The van der Waals surface area contributed by atoms with Gasteiger partial charge in [0.15, 0.2) is 17.6 Å². The van der Waals surface area contributed by atoms with Crippen molar-refractivity contribution in [1.82, 2.24) is 5.32 Å². The van der Waals surface area contributed by atoms with Crippen LogP contribution in [-0.2, 0) is 11.3 Å². The van der Waals surface area contributed by atoms with Crippen LogP contribution < -0.4 is 24.3 Å². The molecule has 1 atom stereocenters. The fraction of sp³-hybridized carbons (Fsp3) is 0.350. The van der Waals surface area contributed by atoms with Crippen molar-refractivity contribution in [3.8, 4) is 23.0 Å². The highest BCUT2D eigenvalue weighted by molar-refractivity contribution is 5.80. The third-order valence-electron chi connectivity index (χ3n) is 3.89. The van der Waals surface area contributed by atoms with E-state index in [1.165, 1.54) is 0 Å². The molecule has 2 aromatic rings. The predicted molar refractivity (Wildman–Crippen MR) is 99.2 cm³/mol. The summed E-state index contributed by atoms with van der Waals surface area (Å²) in [5, 5.41) is 2.85. The number of rotatable bonds is 8. The monoisotopic (exact) mass is 359 g/mol. The van der Waals surface area contributed by atoms with Gasteiger partial charge in [0.1, 0.15) is 5.75 Å². The molecule has 0 aromatic heterocycles. The molecule has 6 heteroatoms. The van der Waals surface area contributed by atoms with Crippen molar-refractivity contribution >= 4 is 5.91 Å². The van der Waals surface area contributed by atoms with Crippen LogP contribution in [0.3, 0.4) is 0 Å². The van der Waals surface area contributed by atoms with Crippen molar-refractivity contribution < 1.29 is 23.7 Å². The lowest BCUT2D eigenvalue weighted by Gasteiger charge is -2.16. The summed E-state index contributed by atoms with van der Waals surface area (Å²) in [4.78, 5) is 12.3. The zero-order valence-corrected chi connectivity index (χ0v) is 15.8. The number of hydrogen-bond acceptors (Lipinski definition) is 5. The molecule has 140 valence electrons. The van der Waals surface area contributed by atoms with Crippen molar-refractivity contribution in [3.05, 3.63) is 47.5 Å². The number of ether oxygens (including phenoxy) is 4. The maximum absolute atomic E-state index is 12.3. The van der Waals surface area contributed by atoms with Crippen molar-refractivity contribution in [2.75, 3.05) is 21.3 Å². The fourth-order valence-electron chi connectivity index (χ4n) is 2.44. The second-order valence-electron chi connectivity index (χ2n) is 5.82. The number of benzene rings is 2. The van der Waals surface area contributed by atoms with Gasteiger partial charge in [-0.1, -0.05) is 17.7 Å². The molecule has 6 nitrogen and oxygen atoms in total. The number of nitrogens with one attached hydrogen (secondary N) is 1. The van der Waals surface area contributed by atoms with Gasteiger partial charge in [0.25, 0.3) is 5.91 Å². The molecule has 0 unspecified atom stereocenters. The third kappa shape index (κ3) is 4.81. The molecule has 2 aromatic carbocycles. The van der Waals surface area contributed by atoms with Gasteiger partial charge in [-0.3, -0.25) is 4.79 Å². The molecular weight excluding hydrogens is 334 g/mol. The standard InChI is InChI=1S/C20H25NO5/c1-13-6-8-16(9-7-13)26-14(2)20(22)21-12-15-10-17(23-3)19(25-5)18(11-15)24-4/h6-11,14H,12H2,1-5H3,(H,21,22)/t14-/m1/s1. The highest BCUT2D eigenvalue weighted by atomic mass is 16.5. The molecule has 0 heterocycles. The molecule has 0 spiro atoms. The highest BCUT2D eigenvalue weighted by Gasteiger charge is 2.16. The smallest absolute Gasteiger partial charge is 0.261 e. The summed E-state index contributed by atoms with van der Waals surface area (Å²) >= 11 is 0. The number of carbonyl (C=O) groups is 1. The van der Waals surface area contributed by atoms with Gasteiger partial charge in [-0.15, -0.1) is 0 Å². The summed E-state index contributed by atoms with van der Waals surface area (Å²) in [5.41, 5.74) is 1.97. The Morgan fingerprint density at radius 3 is 2.08 bits per heavy atom. The Labute approximate surface area is 154 Å². The van der Waals surface area contributed by atoms with Gasteiger partial charge < -0.3 is 24.3 Å². The lowest BCUT2D eigenvalue weighted by Crippen LogP contribution is -2.35. The van der Waals surface area contributed by atoms with Crippen LogP contribution in [0.25, 0.3) is 0 Å². The molecule has 0 bridgehead atoms. The van der Waals surface area contributed by atoms with Gasteiger partial charge in [0, 0.05) is 6.54 Å². The molecule has 0 aliphatic heterocycles. The summed E-state index contributed by atoms with van der Waals surface area (Å²) in [6, 6.07) is 11.2. The second-order valence-corrected chi connectivity index (χ2v) is 5.82. The van der Waals surface area contributed by atoms with Crippen molar-refractivity contribution in [2.45, 2.75) is 26.5 Å². The lowest BCUT2D eigenvalue weighted by molar-refractivity contribution is -0.127. The molecule has 0 saturated carbocycles. The highest BCUT2D eigenvalue weighted by Crippen LogP contribution is 2.38. The van der Waals surface area contributed by atoms with Crippen molar-refractivity contribution in [1.29, 1.82) is 0 Å². The zero-order chi connectivity index (χ0) is 19.1. The number of amides is 1. The van der Waals surface area contributed by atoms with E-state index in [9.17, 15) is 4.79 Å². The van der Waals surface area contributed by atoms with E-state index in [1.54, 1.807) is 40.4 Å². The first-order chi connectivity index (χ1) is 12.5. The van der Waals surface area contributed by atoms with Gasteiger partial charge in [0.05, 0.1) is 21.3 Å². The van der Waals surface area contributed by atoms with Gasteiger partial charge >= 0.3 is 0 Å². The number of aryl methyl sites for hydroxylation is 1. The molecular formula is C20H25NO5. The van der Waals surface area contributed by atoms with Crippen LogP contribution in [0.15, 0.2) is 36.4 Å². The Morgan fingerprint density at radius 2 is 1.58 bits per heavy atom. The quantitative estimate of drug-likeness (QED) is 0.784. The maximum atomic E-state index is 12.3. The average molecular weight is 359 g/mol. The predicted octanol–water partition coefficient (Wildman–Crippen LogP) is 3.10. The van der Waals surface area contributed by atoms with Crippen molar-refractivity contribution in [2.24, 2.45) is 0 Å². The molecule has 0 fully saturated rings. The van der Waals surface area contributed by atoms with Crippen LogP contribution in [0.5, 0.6) is 23.0 Å². The van der Waals surface area contributed by atoms with Gasteiger partial charge in [0.2, 0.25) is 5.75 Å². The Morgan fingerprint density at radius 1 is 1.00 bits per heavy atom. The Balaban J connectivity index is 2.00. The molecule has 26 heavy (non-hydrogen) atoms. The summed E-state index contributed by atoms with van der Waals surface area (Å²) in [7, 11) is 4.65. The van der Waals surface area contributed by atoms with Crippen LogP contribution >= 0.6 is 0 Å². The molecule has 0 aliphatic carbocycles. The van der Waals surface area contributed by atoms with Crippen LogP contribution in [0, 0.1) is 6.92 Å². The second kappa shape index (κ2) is 8.99. The van der Waals surface area contributed by atoms with Crippen LogP contribution in [-0.4, -0.2) is 33.3 Å². The number of hydrogen-bond donors (Lipinski definition) is 1. The van der Waals surface area contributed by atoms with E-state index in [2.05, 4.69) is 5.32 Å². The average Bonchev–Trinajstić information content (AvgIpc) is 2.66. The Hall–Kier alpha value is -2.89. The lowest BCUT2D eigenvalue weighted by atomic mass is 10.1. The topological polar surface area (TPSA) is 66.0 Å². The van der Waals surface area contributed by atoms with E-state index in [4.69, 9.17) is 18.9 Å². The summed E-state index contributed by atoms with van der Waals surface area (Å²) in [5.74, 6) is 2.05. The maximum Gasteiger partial charge on any atom is 0.261 e. The fourth-order valence-corrected chi connectivity index (χ4v) is 2.44. The minimum absolute atomic E-state index is 0.209. The minimum Gasteiger partial charge on any atom is -0.493 e. The number of methoxy groups -OCH3 is 3. The number of carbonyl (C=O) groups excluding carboxylic acids is 1. The van der Waals surface area contributed by atoms with Gasteiger partial charge in [-0.25, -0.2) is 0 Å². The summed E-state index contributed by atoms with van der Waals surface area (Å²) in [6.07, 6.45) is -0.611. The molecule has 1 N–H and O–H groups in total. The van der Waals surface area contributed by atoms with Crippen LogP contribution in [0.2, 0.25) is 0 Å². The van der Waals surface area contributed by atoms with E-state index >= 15 is 0 Å². The molecule has 0 radical (unpaired) electrons. The Bertz CT molecular complexity index is 717. The normalized spacial score (nSPS) is 11.4. The summed E-state index contributed by atoms with van der Waals surface area (Å²) in [6.45, 7) is 4.03. The minimum atomic E-state index is -0.611. The van der Waals surface area contributed by atoms with E-state index in [1.807, 2.05) is 31.2 Å². The molecule has 0 aliphatic rings. The molecule has 2 rings (SSSR count). The van der Waals surface area contributed by atoms with E-state index in [-0.39, 0.29) is 5.91 Å². The molecule has 1 amide bonds. The first-order valence-corrected chi connectivity index (χ1v) is 8.28. The van der Waals surface area contributed by atoms with E-state index < -0.39 is 6.10 Å². The summed E-state index contributed by atoms with van der Waals surface area (Å²) < 4.78 is 21.6. The van der Waals surface area contributed by atoms with Gasteiger partial charge in [-0.05, 0) is 43.7 Å². The largest absolute Gasteiger partial charge is 0.493 e. The Kier molecular flexibility index (Phi) is 6.72. The first-order valence-electron chi connectivity index (χ1n) is 8.28. The molecule has 0 saturated heterocycles.